The third-order valence-electron chi connectivity index (χ3n) is 5.69. The fourth-order valence-corrected chi connectivity index (χ4v) is 3.97. The highest BCUT2D eigenvalue weighted by Gasteiger charge is 2.27. The molecule has 2 aromatic carbocycles. The van der Waals surface area contributed by atoms with Crippen LogP contribution in [-0.4, -0.2) is 29.3 Å². The molecule has 33 heavy (non-hydrogen) atoms. The van der Waals surface area contributed by atoms with Crippen molar-refractivity contribution in [1.29, 1.82) is 0 Å². The second kappa shape index (κ2) is 11.9. The van der Waals surface area contributed by atoms with E-state index < -0.39 is 6.04 Å². The zero-order chi connectivity index (χ0) is 24.8. The SMILES string of the molecule is CC(C)CNC(=O)C(C)N(Cc1c(Cl)cccc1Cl)C(=O)CCc1ccc(C(C)(C)C)cc1. The van der Waals surface area contributed by atoms with Gasteiger partial charge in [0.2, 0.25) is 11.8 Å². The molecule has 0 aliphatic carbocycles. The van der Waals surface area contributed by atoms with Crippen LogP contribution < -0.4 is 5.32 Å². The maximum Gasteiger partial charge on any atom is 0.242 e. The first-order valence-corrected chi connectivity index (χ1v) is 12.2. The minimum Gasteiger partial charge on any atom is -0.354 e. The van der Waals surface area contributed by atoms with Gasteiger partial charge in [0.1, 0.15) is 6.04 Å². The average Bonchev–Trinajstić information content (AvgIpc) is 2.75. The molecule has 0 saturated carbocycles. The topological polar surface area (TPSA) is 49.4 Å². The lowest BCUT2D eigenvalue weighted by molar-refractivity contribution is -0.140. The lowest BCUT2D eigenvalue weighted by Gasteiger charge is -2.30. The molecule has 0 saturated heterocycles. The van der Waals surface area contributed by atoms with Crippen molar-refractivity contribution in [3.63, 3.8) is 0 Å². The van der Waals surface area contributed by atoms with E-state index >= 15 is 0 Å². The number of aryl methyl sites for hydroxylation is 1. The molecule has 1 atom stereocenters. The number of carbonyl (C=O) groups excluding carboxylic acids is 2. The van der Waals surface area contributed by atoms with E-state index in [1.165, 1.54) is 5.56 Å². The normalized spacial score (nSPS) is 12.5. The molecule has 0 fully saturated rings. The Balaban J connectivity index is 2.19. The van der Waals surface area contributed by atoms with Crippen molar-refractivity contribution in [2.45, 2.75) is 72.4 Å². The van der Waals surface area contributed by atoms with Crippen LogP contribution in [0.2, 0.25) is 10.0 Å². The average molecular weight is 492 g/mol. The molecule has 4 nitrogen and oxygen atoms in total. The van der Waals surface area contributed by atoms with E-state index in [2.05, 4.69) is 50.4 Å². The molecule has 6 heteroatoms. The molecule has 0 aliphatic heterocycles. The van der Waals surface area contributed by atoms with Gasteiger partial charge in [-0.2, -0.15) is 0 Å². The Morgan fingerprint density at radius 2 is 1.55 bits per heavy atom. The highest BCUT2D eigenvalue weighted by atomic mass is 35.5. The highest BCUT2D eigenvalue weighted by Crippen LogP contribution is 2.27. The van der Waals surface area contributed by atoms with Gasteiger partial charge in [0.25, 0.3) is 0 Å². The van der Waals surface area contributed by atoms with Gasteiger partial charge < -0.3 is 10.2 Å². The molecule has 0 bridgehead atoms. The van der Waals surface area contributed by atoms with Crippen molar-refractivity contribution in [2.75, 3.05) is 6.54 Å². The summed E-state index contributed by atoms with van der Waals surface area (Å²) in [5.74, 6) is 0.0206. The van der Waals surface area contributed by atoms with Crippen molar-refractivity contribution in [1.82, 2.24) is 10.2 Å². The molecule has 1 unspecified atom stereocenters. The van der Waals surface area contributed by atoms with Crippen molar-refractivity contribution >= 4 is 35.0 Å². The quantitative estimate of drug-likeness (QED) is 0.441. The Morgan fingerprint density at radius 3 is 2.06 bits per heavy atom. The van der Waals surface area contributed by atoms with E-state index in [0.717, 1.165) is 5.56 Å². The summed E-state index contributed by atoms with van der Waals surface area (Å²) in [7, 11) is 0. The molecular formula is C27H36Cl2N2O2. The van der Waals surface area contributed by atoms with E-state index in [1.54, 1.807) is 30.0 Å². The zero-order valence-electron chi connectivity index (χ0n) is 20.5. The molecule has 0 spiro atoms. The lowest BCUT2D eigenvalue weighted by Crippen LogP contribution is -2.48. The number of carbonyl (C=O) groups is 2. The number of nitrogens with zero attached hydrogens (tertiary/aromatic N) is 1. The Hall–Kier alpha value is -2.04. The largest absolute Gasteiger partial charge is 0.354 e. The summed E-state index contributed by atoms with van der Waals surface area (Å²) in [6, 6.07) is 13.0. The summed E-state index contributed by atoms with van der Waals surface area (Å²) < 4.78 is 0. The number of halogens is 2. The van der Waals surface area contributed by atoms with Crippen LogP contribution in [0.1, 0.15) is 64.7 Å². The molecule has 2 aromatic rings. The number of benzene rings is 2. The molecular weight excluding hydrogens is 455 g/mol. The summed E-state index contributed by atoms with van der Waals surface area (Å²) >= 11 is 12.7. The predicted molar refractivity (Wildman–Crippen MR) is 138 cm³/mol. The van der Waals surface area contributed by atoms with Gasteiger partial charge in [0, 0.05) is 35.1 Å². The smallest absolute Gasteiger partial charge is 0.242 e. The summed E-state index contributed by atoms with van der Waals surface area (Å²) in [4.78, 5) is 27.7. The van der Waals surface area contributed by atoms with Gasteiger partial charge in [-0.05, 0) is 47.9 Å². The minimum absolute atomic E-state index is 0.0815. The Labute approximate surface area is 208 Å². The second-order valence-electron chi connectivity index (χ2n) is 9.98. The van der Waals surface area contributed by atoms with Gasteiger partial charge in [0.15, 0.2) is 0 Å². The molecule has 0 aromatic heterocycles. The van der Waals surface area contributed by atoms with Gasteiger partial charge in [-0.25, -0.2) is 0 Å². The van der Waals surface area contributed by atoms with Gasteiger partial charge >= 0.3 is 0 Å². The molecule has 2 amide bonds. The van der Waals surface area contributed by atoms with Crippen LogP contribution >= 0.6 is 23.2 Å². The Bertz CT molecular complexity index is 929. The maximum atomic E-state index is 13.3. The van der Waals surface area contributed by atoms with Crippen LogP contribution in [0.3, 0.4) is 0 Å². The number of hydrogen-bond donors (Lipinski definition) is 1. The monoisotopic (exact) mass is 490 g/mol. The first-order valence-electron chi connectivity index (χ1n) is 11.5. The Kier molecular flexibility index (Phi) is 9.81. The summed E-state index contributed by atoms with van der Waals surface area (Å²) in [5, 5.41) is 3.89. The maximum absolute atomic E-state index is 13.3. The Morgan fingerprint density at radius 1 is 0.970 bits per heavy atom. The predicted octanol–water partition coefficient (Wildman–Crippen LogP) is 6.41. The fraction of sp³-hybridized carbons (Fsp3) is 0.481. The van der Waals surface area contributed by atoms with E-state index in [4.69, 9.17) is 23.2 Å². The second-order valence-corrected chi connectivity index (χ2v) is 10.8. The molecule has 180 valence electrons. The van der Waals surface area contributed by atoms with E-state index in [1.807, 2.05) is 13.8 Å². The van der Waals surface area contributed by atoms with Crippen molar-refractivity contribution in [3.05, 3.63) is 69.2 Å². The standard InChI is InChI=1S/C27H36Cl2N2O2/c1-18(2)16-30-26(33)19(3)31(17-22-23(28)8-7-9-24(22)29)25(32)15-12-20-10-13-21(14-11-20)27(4,5)6/h7-11,13-14,18-19H,12,15-17H2,1-6H3,(H,30,33). The van der Waals surface area contributed by atoms with E-state index in [-0.39, 0.29) is 23.8 Å². The fourth-order valence-electron chi connectivity index (χ4n) is 3.46. The van der Waals surface area contributed by atoms with Crippen LogP contribution in [0.4, 0.5) is 0 Å². The summed E-state index contributed by atoms with van der Waals surface area (Å²) in [6.07, 6.45) is 0.884. The number of hydrogen-bond acceptors (Lipinski definition) is 2. The first-order chi connectivity index (χ1) is 15.4. The summed E-state index contributed by atoms with van der Waals surface area (Å²) in [5.41, 5.74) is 3.07. The van der Waals surface area contributed by atoms with Gasteiger partial charge in [-0.1, -0.05) is 88.2 Å². The number of rotatable bonds is 9. The van der Waals surface area contributed by atoms with Crippen molar-refractivity contribution in [3.8, 4) is 0 Å². The highest BCUT2D eigenvalue weighted by molar-refractivity contribution is 6.36. The van der Waals surface area contributed by atoms with E-state index in [0.29, 0.717) is 40.9 Å². The van der Waals surface area contributed by atoms with Crippen LogP contribution in [0.15, 0.2) is 42.5 Å². The van der Waals surface area contributed by atoms with E-state index in [9.17, 15) is 9.59 Å². The van der Waals surface area contributed by atoms with Crippen molar-refractivity contribution in [2.24, 2.45) is 5.92 Å². The van der Waals surface area contributed by atoms with Crippen LogP contribution in [0.5, 0.6) is 0 Å². The third kappa shape index (κ3) is 8.04. The molecule has 0 aliphatic rings. The summed E-state index contributed by atoms with van der Waals surface area (Å²) in [6.45, 7) is 13.1. The molecule has 1 N–H and O–H groups in total. The molecule has 0 radical (unpaired) electrons. The van der Waals surface area contributed by atoms with Crippen LogP contribution in [0, 0.1) is 5.92 Å². The molecule has 2 rings (SSSR count). The third-order valence-corrected chi connectivity index (χ3v) is 6.40. The molecule has 0 heterocycles. The number of nitrogens with one attached hydrogen (secondary N) is 1. The van der Waals surface area contributed by atoms with Crippen LogP contribution in [0.25, 0.3) is 0 Å². The minimum atomic E-state index is -0.646. The zero-order valence-corrected chi connectivity index (χ0v) is 22.1. The van der Waals surface area contributed by atoms with Gasteiger partial charge in [-0.3, -0.25) is 9.59 Å². The number of amides is 2. The van der Waals surface area contributed by atoms with Gasteiger partial charge in [-0.15, -0.1) is 0 Å². The first kappa shape index (κ1) is 27.2. The lowest BCUT2D eigenvalue weighted by atomic mass is 9.86. The van der Waals surface area contributed by atoms with Crippen molar-refractivity contribution < 1.29 is 9.59 Å². The van der Waals surface area contributed by atoms with Gasteiger partial charge in [0.05, 0.1) is 0 Å². The van der Waals surface area contributed by atoms with Crippen LogP contribution in [-0.2, 0) is 28.0 Å².